The predicted molar refractivity (Wildman–Crippen MR) is 204 cm³/mol. The van der Waals surface area contributed by atoms with E-state index in [0.29, 0.717) is 24.0 Å². The summed E-state index contributed by atoms with van der Waals surface area (Å²) in [5.74, 6) is -10.9. The van der Waals surface area contributed by atoms with Gasteiger partial charge in [-0.2, -0.15) is 0 Å². The van der Waals surface area contributed by atoms with Crippen LogP contribution in [0.1, 0.15) is 62.5 Å². The van der Waals surface area contributed by atoms with Crippen LogP contribution in [0.15, 0.2) is 24.3 Å². The number of unbranched alkanes of at least 4 members (excludes halogenated alkanes) is 1. The number of benzene rings is 1. The number of carbonyl (C=O) groups excluding carboxylic acids is 5. The molecule has 57 heavy (non-hydrogen) atoms. The summed E-state index contributed by atoms with van der Waals surface area (Å²) in [6, 6.07) is 0.923. The molecule has 0 aliphatic rings. The number of Topliss-reactive ketones (excluding diaryl/α,β-unsaturated/α-hetero) is 1. The number of aliphatic carboxylic acids is 5. The zero-order valence-corrected chi connectivity index (χ0v) is 32.6. The lowest BCUT2D eigenvalue weighted by atomic mass is 9.93. The van der Waals surface area contributed by atoms with E-state index in [0.717, 1.165) is 10.8 Å². The van der Waals surface area contributed by atoms with Gasteiger partial charge in [-0.15, -0.1) is 0 Å². The summed E-state index contributed by atoms with van der Waals surface area (Å²) in [4.78, 5) is 119. The minimum absolute atomic E-state index is 0.0489. The monoisotopic (exact) mass is 844 g/mol. The van der Waals surface area contributed by atoms with Crippen molar-refractivity contribution in [1.29, 1.82) is 0 Å². The van der Waals surface area contributed by atoms with E-state index in [1.165, 1.54) is 10.8 Å². The minimum atomic E-state index is -1.62. The number of ketones is 1. The van der Waals surface area contributed by atoms with Crippen molar-refractivity contribution in [1.82, 2.24) is 31.9 Å². The number of hydrogen-bond donors (Lipinski definition) is 11. The molecule has 0 saturated heterocycles. The van der Waals surface area contributed by atoms with Gasteiger partial charge in [0, 0.05) is 38.2 Å². The standard InChI is InChI=1S/C34H48N6O15S2/c1-56-57-18-24(32(52)53)39-30(49)21(15-28(45)46)14-25(41)23(16-29(47)48)38-26(42)13-19-7-9-20(10-8-19)17-37-33(54)35-11-3-2-5-22(31(50)51)40-34(55)36-12-4-6-27(43)44/h7-10,21-24H,2-6,11-18H2,1H3,(H,38,42)(H,39,49)(H,43,44)(H,45,46)(H,47,48)(H,50,51)(H,52,53)(H2,35,37,54)(H2,36,40,55)/t21-,22+,23-,24+/m0/s1. The second-order valence-corrected chi connectivity index (χ2v) is 15.0. The maximum atomic E-state index is 13.1. The molecule has 0 radical (unpaired) electrons. The summed E-state index contributed by atoms with van der Waals surface area (Å²) in [5, 5.41) is 60.5. The van der Waals surface area contributed by atoms with Crippen molar-refractivity contribution in [2.24, 2.45) is 5.92 Å². The molecule has 23 heteroatoms. The molecule has 0 bridgehead atoms. The van der Waals surface area contributed by atoms with E-state index in [9.17, 15) is 68.4 Å². The van der Waals surface area contributed by atoms with Crippen molar-refractivity contribution in [3.05, 3.63) is 35.4 Å². The molecule has 4 atom stereocenters. The highest BCUT2D eigenvalue weighted by atomic mass is 33.1. The molecule has 0 heterocycles. The van der Waals surface area contributed by atoms with Crippen molar-refractivity contribution >= 4 is 81.1 Å². The van der Waals surface area contributed by atoms with Gasteiger partial charge in [0.1, 0.15) is 12.1 Å². The minimum Gasteiger partial charge on any atom is -0.481 e. The Hall–Kier alpha value is -5.58. The summed E-state index contributed by atoms with van der Waals surface area (Å²) >= 11 is 0. The van der Waals surface area contributed by atoms with Crippen molar-refractivity contribution in [2.75, 3.05) is 25.1 Å². The quantitative estimate of drug-likeness (QED) is 0.0384. The zero-order valence-electron chi connectivity index (χ0n) is 30.9. The first-order valence-corrected chi connectivity index (χ1v) is 20.2. The largest absolute Gasteiger partial charge is 0.481 e. The number of carboxylic acid groups (broad SMARTS) is 5. The number of rotatable bonds is 29. The van der Waals surface area contributed by atoms with E-state index in [4.69, 9.17) is 5.11 Å². The van der Waals surface area contributed by atoms with E-state index in [2.05, 4.69) is 31.9 Å². The summed E-state index contributed by atoms with van der Waals surface area (Å²) in [6.45, 7) is 0.361. The number of amides is 6. The molecular weight excluding hydrogens is 797 g/mol. The van der Waals surface area contributed by atoms with Crippen LogP contribution in [0.4, 0.5) is 9.59 Å². The van der Waals surface area contributed by atoms with Gasteiger partial charge in [-0.3, -0.25) is 28.8 Å². The molecule has 1 rings (SSSR count). The van der Waals surface area contributed by atoms with Gasteiger partial charge in [-0.05, 0) is 43.1 Å². The van der Waals surface area contributed by atoms with Crippen LogP contribution in [0.5, 0.6) is 0 Å². The Morgan fingerprint density at radius 1 is 0.614 bits per heavy atom. The van der Waals surface area contributed by atoms with Crippen LogP contribution in [0, 0.1) is 5.92 Å². The fraction of sp³-hybridized carbons (Fsp3) is 0.529. The third kappa shape index (κ3) is 22.5. The fourth-order valence-electron chi connectivity index (χ4n) is 4.91. The van der Waals surface area contributed by atoms with E-state index in [1.807, 2.05) is 0 Å². The van der Waals surface area contributed by atoms with Crippen LogP contribution in [0.3, 0.4) is 0 Å². The second kappa shape index (κ2) is 27.1. The first kappa shape index (κ1) is 49.4. The molecule has 0 fully saturated rings. The van der Waals surface area contributed by atoms with Gasteiger partial charge >= 0.3 is 41.9 Å². The Balaban J connectivity index is 2.62. The maximum absolute atomic E-state index is 13.1. The molecule has 1 aromatic rings. The van der Waals surface area contributed by atoms with Crippen LogP contribution >= 0.6 is 21.6 Å². The Morgan fingerprint density at radius 3 is 1.79 bits per heavy atom. The van der Waals surface area contributed by atoms with Gasteiger partial charge in [-0.25, -0.2) is 19.2 Å². The maximum Gasteiger partial charge on any atom is 0.327 e. The lowest BCUT2D eigenvalue weighted by Gasteiger charge is -2.21. The second-order valence-electron chi connectivity index (χ2n) is 12.4. The Labute approximate surface area is 334 Å². The highest BCUT2D eigenvalue weighted by Crippen LogP contribution is 2.19. The SMILES string of the molecule is CSSC[C@@H](NC(=O)[C@H](CC(=O)O)CC(=O)[C@H](CC(=O)O)NC(=O)Cc1ccc(CNC(=O)NCCCC[C@@H](NC(=O)NCCCC(=O)O)C(=O)O)cc1)C(=O)O. The van der Waals surface area contributed by atoms with Gasteiger partial charge < -0.3 is 57.4 Å². The zero-order chi connectivity index (χ0) is 42.9. The average Bonchev–Trinajstić information content (AvgIpc) is 3.12. The molecule has 6 amide bonds. The first-order chi connectivity index (χ1) is 26.9. The fourth-order valence-corrected chi connectivity index (χ4v) is 6.22. The third-order valence-electron chi connectivity index (χ3n) is 7.81. The van der Waals surface area contributed by atoms with Crippen LogP contribution in [-0.4, -0.2) is 128 Å². The van der Waals surface area contributed by atoms with E-state index in [-0.39, 0.29) is 51.1 Å². The summed E-state index contributed by atoms with van der Waals surface area (Å²) in [6.07, 6.45) is -0.218. The van der Waals surface area contributed by atoms with Gasteiger partial charge in [-0.1, -0.05) is 45.9 Å². The van der Waals surface area contributed by atoms with Crippen molar-refractivity contribution in [2.45, 2.75) is 82.5 Å². The Bertz CT molecular complexity index is 1580. The van der Waals surface area contributed by atoms with E-state index < -0.39 is 103 Å². The highest BCUT2D eigenvalue weighted by molar-refractivity contribution is 8.76. The smallest absolute Gasteiger partial charge is 0.327 e. The molecule has 0 aliphatic heterocycles. The molecule has 21 nitrogen and oxygen atoms in total. The van der Waals surface area contributed by atoms with Gasteiger partial charge in [0.15, 0.2) is 5.78 Å². The molecule has 0 spiro atoms. The molecule has 11 N–H and O–H groups in total. The summed E-state index contributed by atoms with van der Waals surface area (Å²) in [5.41, 5.74) is 1.10. The van der Waals surface area contributed by atoms with Crippen molar-refractivity contribution in [3.8, 4) is 0 Å². The van der Waals surface area contributed by atoms with Crippen molar-refractivity contribution < 1.29 is 73.5 Å². The normalized spacial score (nSPS) is 12.7. The predicted octanol–water partition coefficient (Wildman–Crippen LogP) is 0.406. The van der Waals surface area contributed by atoms with Gasteiger partial charge in [0.05, 0.1) is 31.2 Å². The first-order valence-electron chi connectivity index (χ1n) is 17.4. The molecule has 316 valence electrons. The summed E-state index contributed by atoms with van der Waals surface area (Å²) < 4.78 is 0. The molecule has 0 aromatic heterocycles. The molecule has 0 unspecified atom stereocenters. The number of carboxylic acids is 5. The summed E-state index contributed by atoms with van der Waals surface area (Å²) in [7, 11) is 2.37. The third-order valence-corrected chi connectivity index (χ3v) is 9.63. The van der Waals surface area contributed by atoms with Crippen LogP contribution < -0.4 is 31.9 Å². The molecule has 0 saturated carbocycles. The van der Waals surface area contributed by atoms with Crippen LogP contribution in [0.25, 0.3) is 0 Å². The molecule has 1 aromatic carbocycles. The number of nitrogens with one attached hydrogen (secondary N) is 6. The number of hydrogen-bond acceptors (Lipinski definition) is 12. The molecule has 0 aliphatic carbocycles. The lowest BCUT2D eigenvalue weighted by Crippen LogP contribution is -2.48. The Kier molecular flexibility index (Phi) is 23.5. The average molecular weight is 845 g/mol. The van der Waals surface area contributed by atoms with Crippen molar-refractivity contribution in [3.63, 3.8) is 0 Å². The lowest BCUT2D eigenvalue weighted by molar-refractivity contribution is -0.145. The van der Waals surface area contributed by atoms with Gasteiger partial charge in [0.2, 0.25) is 11.8 Å². The van der Waals surface area contributed by atoms with E-state index >= 15 is 0 Å². The van der Waals surface area contributed by atoms with Crippen LogP contribution in [-0.2, 0) is 51.3 Å². The van der Waals surface area contributed by atoms with Crippen LogP contribution in [0.2, 0.25) is 0 Å². The van der Waals surface area contributed by atoms with Gasteiger partial charge in [0.25, 0.3) is 0 Å². The Morgan fingerprint density at radius 2 is 1.21 bits per heavy atom. The highest BCUT2D eigenvalue weighted by Gasteiger charge is 2.32. The van der Waals surface area contributed by atoms with E-state index in [1.54, 1.807) is 30.5 Å². The molecular formula is C34H48N6O15S2. The number of carbonyl (C=O) groups is 10. The number of urea groups is 2. The topological polar surface area (TPSA) is 344 Å².